The Labute approximate surface area is 158 Å². The van der Waals surface area contributed by atoms with Crippen LogP contribution in [0.5, 0.6) is 0 Å². The van der Waals surface area contributed by atoms with Crippen LogP contribution in [0.4, 0.5) is 5.69 Å². The van der Waals surface area contributed by atoms with Crippen LogP contribution in [0.15, 0.2) is 60.7 Å². The van der Waals surface area contributed by atoms with Crippen molar-refractivity contribution in [1.29, 1.82) is 0 Å². The summed E-state index contributed by atoms with van der Waals surface area (Å²) in [5.41, 5.74) is 1.77. The normalized spacial score (nSPS) is 15.2. The van der Waals surface area contributed by atoms with Crippen LogP contribution in [0.3, 0.4) is 0 Å². The Morgan fingerprint density at radius 2 is 1.67 bits per heavy atom. The highest BCUT2D eigenvalue weighted by Crippen LogP contribution is 2.19. The van der Waals surface area contributed by atoms with Crippen molar-refractivity contribution in [2.45, 2.75) is 6.42 Å². The van der Waals surface area contributed by atoms with Gasteiger partial charge in [-0.3, -0.25) is 19.8 Å². The molecule has 1 fully saturated rings. The van der Waals surface area contributed by atoms with Crippen molar-refractivity contribution in [2.75, 3.05) is 32.7 Å². The van der Waals surface area contributed by atoms with Crippen molar-refractivity contribution in [3.63, 3.8) is 0 Å². The van der Waals surface area contributed by atoms with Crippen molar-refractivity contribution in [2.24, 2.45) is 0 Å². The number of nitro groups is 1. The first kappa shape index (κ1) is 18.8. The number of hydrogen-bond donors (Lipinski definition) is 0. The fourth-order valence-electron chi connectivity index (χ4n) is 3.18. The van der Waals surface area contributed by atoms with Gasteiger partial charge in [0.1, 0.15) is 0 Å². The molecule has 1 aliphatic rings. The lowest BCUT2D eigenvalue weighted by Crippen LogP contribution is -2.48. The monoisotopic (exact) mass is 365 g/mol. The van der Waals surface area contributed by atoms with E-state index >= 15 is 0 Å². The topological polar surface area (TPSA) is 66.7 Å². The van der Waals surface area contributed by atoms with E-state index in [2.05, 4.69) is 29.2 Å². The number of para-hydroxylation sites is 1. The van der Waals surface area contributed by atoms with E-state index in [0.29, 0.717) is 18.7 Å². The largest absolute Gasteiger partial charge is 0.337 e. The molecule has 6 heteroatoms. The number of hydrogen-bond acceptors (Lipinski definition) is 4. The molecule has 1 heterocycles. The lowest BCUT2D eigenvalue weighted by molar-refractivity contribution is -0.385. The predicted octanol–water partition coefficient (Wildman–Crippen LogP) is 2.99. The van der Waals surface area contributed by atoms with Gasteiger partial charge in [-0.25, -0.2) is 0 Å². The maximum Gasteiger partial charge on any atom is 0.276 e. The second-order valence-corrected chi connectivity index (χ2v) is 6.55. The van der Waals surface area contributed by atoms with Gasteiger partial charge in [-0.15, -0.1) is 0 Å². The zero-order chi connectivity index (χ0) is 19.1. The summed E-state index contributed by atoms with van der Waals surface area (Å²) < 4.78 is 0. The van der Waals surface area contributed by atoms with E-state index in [9.17, 15) is 14.9 Å². The number of carbonyl (C=O) groups is 1. The van der Waals surface area contributed by atoms with Crippen LogP contribution in [-0.2, 0) is 11.2 Å². The van der Waals surface area contributed by atoms with E-state index in [-0.39, 0.29) is 11.6 Å². The van der Waals surface area contributed by atoms with Crippen LogP contribution in [0.2, 0.25) is 0 Å². The average Bonchev–Trinajstić information content (AvgIpc) is 2.71. The Hall–Kier alpha value is -2.99. The number of amides is 1. The molecule has 6 nitrogen and oxygen atoms in total. The molecule has 0 N–H and O–H groups in total. The molecule has 1 aliphatic heterocycles. The molecule has 2 aromatic rings. The summed E-state index contributed by atoms with van der Waals surface area (Å²) in [6, 6.07) is 16.8. The first-order valence-corrected chi connectivity index (χ1v) is 9.10. The molecule has 0 aromatic heterocycles. The standard InChI is InChI=1S/C21H23N3O3/c25-21(11-10-19-8-4-5-9-20(19)24(26)27)23-16-14-22(15-17-23)13-12-18-6-2-1-3-7-18/h1-11H,12-17H2. The SMILES string of the molecule is O=C(C=Cc1ccccc1[N+](=O)[O-])N1CCN(CCc2ccccc2)CC1. The Bertz CT molecular complexity index is 812. The molecular weight excluding hydrogens is 342 g/mol. The molecule has 0 saturated carbocycles. The molecule has 0 atom stereocenters. The molecule has 1 saturated heterocycles. The molecule has 3 rings (SSSR count). The fraction of sp³-hybridized carbons (Fsp3) is 0.286. The molecule has 27 heavy (non-hydrogen) atoms. The Kier molecular flexibility index (Phi) is 6.33. The van der Waals surface area contributed by atoms with E-state index in [1.54, 1.807) is 23.1 Å². The summed E-state index contributed by atoms with van der Waals surface area (Å²) in [4.78, 5) is 27.2. The minimum atomic E-state index is -0.435. The maximum atomic E-state index is 12.4. The number of rotatable bonds is 6. The van der Waals surface area contributed by atoms with Gasteiger partial charge in [-0.05, 0) is 24.1 Å². The van der Waals surface area contributed by atoms with Gasteiger partial charge in [0.15, 0.2) is 0 Å². The number of nitrogens with zero attached hydrogens (tertiary/aromatic N) is 3. The van der Waals surface area contributed by atoms with Crippen LogP contribution >= 0.6 is 0 Å². The molecule has 140 valence electrons. The number of piperazine rings is 1. The van der Waals surface area contributed by atoms with Crippen LogP contribution < -0.4 is 0 Å². The summed E-state index contributed by atoms with van der Waals surface area (Å²) >= 11 is 0. The third-order valence-electron chi connectivity index (χ3n) is 4.78. The van der Waals surface area contributed by atoms with Crippen molar-refractivity contribution in [1.82, 2.24) is 9.80 Å². The quantitative estimate of drug-likeness (QED) is 0.448. The zero-order valence-electron chi connectivity index (χ0n) is 15.2. The maximum absolute atomic E-state index is 12.4. The third kappa shape index (κ3) is 5.24. The molecule has 0 bridgehead atoms. The molecule has 0 unspecified atom stereocenters. The highest BCUT2D eigenvalue weighted by Gasteiger charge is 2.19. The summed E-state index contributed by atoms with van der Waals surface area (Å²) in [7, 11) is 0. The summed E-state index contributed by atoms with van der Waals surface area (Å²) in [6.07, 6.45) is 3.97. The third-order valence-corrected chi connectivity index (χ3v) is 4.78. The van der Waals surface area contributed by atoms with Gasteiger partial charge < -0.3 is 4.90 Å². The smallest absolute Gasteiger partial charge is 0.276 e. The molecule has 1 amide bonds. The van der Waals surface area contributed by atoms with Gasteiger partial charge in [0, 0.05) is 44.9 Å². The highest BCUT2D eigenvalue weighted by molar-refractivity contribution is 5.92. The fourth-order valence-corrected chi connectivity index (χ4v) is 3.18. The van der Waals surface area contributed by atoms with E-state index < -0.39 is 4.92 Å². The Balaban J connectivity index is 1.49. The summed E-state index contributed by atoms with van der Waals surface area (Å²) in [6.45, 7) is 4.03. The van der Waals surface area contributed by atoms with E-state index in [1.165, 1.54) is 23.8 Å². The summed E-state index contributed by atoms with van der Waals surface area (Å²) in [5.74, 6) is -0.101. The van der Waals surface area contributed by atoms with Crippen LogP contribution in [0.1, 0.15) is 11.1 Å². The van der Waals surface area contributed by atoms with E-state index in [4.69, 9.17) is 0 Å². The first-order chi connectivity index (χ1) is 13.1. The molecule has 2 aromatic carbocycles. The summed E-state index contributed by atoms with van der Waals surface area (Å²) in [5, 5.41) is 11.0. The van der Waals surface area contributed by atoms with Crippen molar-refractivity contribution in [3.05, 3.63) is 81.9 Å². The second-order valence-electron chi connectivity index (χ2n) is 6.55. The first-order valence-electron chi connectivity index (χ1n) is 9.10. The van der Waals surface area contributed by atoms with Crippen molar-refractivity contribution in [3.8, 4) is 0 Å². The minimum Gasteiger partial charge on any atom is -0.337 e. The van der Waals surface area contributed by atoms with Crippen LogP contribution in [-0.4, -0.2) is 53.4 Å². The van der Waals surface area contributed by atoms with E-state index in [1.807, 2.05) is 6.07 Å². The zero-order valence-corrected chi connectivity index (χ0v) is 15.2. The average molecular weight is 365 g/mol. The van der Waals surface area contributed by atoms with Crippen LogP contribution in [0.25, 0.3) is 6.08 Å². The van der Waals surface area contributed by atoms with Gasteiger partial charge in [-0.1, -0.05) is 42.5 Å². The highest BCUT2D eigenvalue weighted by atomic mass is 16.6. The lowest BCUT2D eigenvalue weighted by atomic mass is 10.1. The van der Waals surface area contributed by atoms with E-state index in [0.717, 1.165) is 26.1 Å². The molecule has 0 spiro atoms. The van der Waals surface area contributed by atoms with Crippen LogP contribution in [0, 0.1) is 10.1 Å². The second kappa shape index (κ2) is 9.09. The van der Waals surface area contributed by atoms with Gasteiger partial charge in [0.05, 0.1) is 10.5 Å². The molecular formula is C21H23N3O3. The number of nitro benzene ring substituents is 1. The lowest BCUT2D eigenvalue weighted by Gasteiger charge is -2.34. The van der Waals surface area contributed by atoms with Gasteiger partial charge in [-0.2, -0.15) is 0 Å². The molecule has 0 aliphatic carbocycles. The van der Waals surface area contributed by atoms with Crippen molar-refractivity contribution >= 4 is 17.7 Å². The molecule has 0 radical (unpaired) electrons. The van der Waals surface area contributed by atoms with Crippen molar-refractivity contribution < 1.29 is 9.72 Å². The van der Waals surface area contributed by atoms with Gasteiger partial charge in [0.25, 0.3) is 5.69 Å². The minimum absolute atomic E-state index is 0.00674. The predicted molar refractivity (Wildman–Crippen MR) is 105 cm³/mol. The Morgan fingerprint density at radius 1 is 1.00 bits per heavy atom. The number of benzene rings is 2. The van der Waals surface area contributed by atoms with Gasteiger partial charge in [0.2, 0.25) is 5.91 Å². The van der Waals surface area contributed by atoms with Gasteiger partial charge >= 0.3 is 0 Å². The number of carbonyl (C=O) groups excluding carboxylic acids is 1. The Morgan fingerprint density at radius 3 is 2.37 bits per heavy atom.